The molecule has 2 unspecified atom stereocenters. The van der Waals surface area contributed by atoms with Crippen LogP contribution in [0.2, 0.25) is 15.1 Å². The third kappa shape index (κ3) is 6.75. The quantitative estimate of drug-likeness (QED) is 0.185. The molecule has 15 heteroatoms. The maximum Gasteiger partial charge on any atom is 0.471 e. The fourth-order valence-corrected chi connectivity index (χ4v) is 5.53. The largest absolute Gasteiger partial charge is 0.471 e. The second kappa shape index (κ2) is 11.3. The molecule has 2 atom stereocenters. The molecule has 1 fully saturated rings. The Kier molecular flexibility index (Phi) is 8.50. The molecule has 0 aromatic heterocycles. The number of benzene rings is 3. The first-order valence-corrected chi connectivity index (χ1v) is 12.9. The molecule has 3 N–H and O–H groups in total. The van der Waals surface area contributed by atoms with E-state index in [1.807, 2.05) is 0 Å². The number of alkyl halides is 5. The van der Waals surface area contributed by atoms with Crippen LogP contribution < -0.4 is 16.0 Å². The maximum atomic E-state index is 14.0. The number of halogens is 9. The van der Waals surface area contributed by atoms with Gasteiger partial charge in [-0.3, -0.25) is 14.4 Å². The van der Waals surface area contributed by atoms with Crippen molar-refractivity contribution in [1.82, 2.24) is 0 Å². The van der Waals surface area contributed by atoms with Gasteiger partial charge in [0.15, 0.2) is 0 Å². The second-order valence-corrected chi connectivity index (χ2v) is 11.4. The summed E-state index contributed by atoms with van der Waals surface area (Å²) in [6.45, 7) is 0. The van der Waals surface area contributed by atoms with Gasteiger partial charge < -0.3 is 16.0 Å². The predicted octanol–water partition coefficient (Wildman–Crippen LogP) is 8.07. The van der Waals surface area contributed by atoms with Crippen LogP contribution in [0.3, 0.4) is 0 Å². The number of anilines is 3. The number of carbonyl (C=O) groups excluding carboxylic acids is 3. The highest BCUT2D eigenvalue weighted by atomic mass is 35.5. The molecule has 4 rings (SSSR count). The first-order chi connectivity index (χ1) is 18.6. The third-order valence-electron chi connectivity index (χ3n) is 5.73. The van der Waals surface area contributed by atoms with Crippen LogP contribution in [0, 0.1) is 11.7 Å². The minimum absolute atomic E-state index is 0.0561. The summed E-state index contributed by atoms with van der Waals surface area (Å²) in [5.41, 5.74) is -0.296. The van der Waals surface area contributed by atoms with E-state index < -0.39 is 51.6 Å². The molecule has 1 saturated carbocycles. The van der Waals surface area contributed by atoms with Gasteiger partial charge in [-0.1, -0.05) is 34.8 Å². The van der Waals surface area contributed by atoms with Crippen LogP contribution in [0.4, 0.5) is 34.6 Å². The Bertz CT molecular complexity index is 1510. The fraction of sp³-hybridized carbons (Fsp3) is 0.160. The van der Waals surface area contributed by atoms with E-state index in [2.05, 4.69) is 10.6 Å². The highest BCUT2D eigenvalue weighted by Crippen LogP contribution is 2.65. The number of hydrogen-bond donors (Lipinski definition) is 3. The van der Waals surface area contributed by atoms with Crippen LogP contribution >= 0.6 is 58.0 Å². The Labute approximate surface area is 248 Å². The molecule has 210 valence electrons. The second-order valence-electron chi connectivity index (χ2n) is 8.65. The highest BCUT2D eigenvalue weighted by molar-refractivity contribution is 6.53. The Hall–Kier alpha value is -2.76. The maximum absolute atomic E-state index is 14.0. The third-order valence-corrected chi connectivity index (χ3v) is 7.44. The van der Waals surface area contributed by atoms with E-state index in [1.54, 1.807) is 12.1 Å². The van der Waals surface area contributed by atoms with E-state index in [1.165, 1.54) is 29.6 Å². The van der Waals surface area contributed by atoms with E-state index in [0.29, 0.717) is 21.7 Å². The molecule has 3 amide bonds. The average molecular weight is 658 g/mol. The molecular formula is C25H14Cl5F4N3O3. The minimum atomic E-state index is -5.21. The highest BCUT2D eigenvalue weighted by Gasteiger charge is 2.67. The van der Waals surface area contributed by atoms with Crippen molar-refractivity contribution in [3.05, 3.63) is 86.6 Å². The Morgan fingerprint density at radius 3 is 1.98 bits per heavy atom. The molecule has 1 aliphatic rings. The van der Waals surface area contributed by atoms with Crippen LogP contribution in [-0.4, -0.2) is 28.2 Å². The van der Waals surface area contributed by atoms with Gasteiger partial charge in [0.2, 0.25) is 5.91 Å². The van der Waals surface area contributed by atoms with Crippen molar-refractivity contribution >= 4 is 92.8 Å². The zero-order valence-corrected chi connectivity index (χ0v) is 23.3. The van der Waals surface area contributed by atoms with Gasteiger partial charge in [0, 0.05) is 33.0 Å². The van der Waals surface area contributed by atoms with Gasteiger partial charge >= 0.3 is 12.1 Å². The smallest absolute Gasteiger partial charge is 0.326 e. The summed E-state index contributed by atoms with van der Waals surface area (Å²) in [6.07, 6.45) is -5.21. The summed E-state index contributed by atoms with van der Waals surface area (Å²) < 4.78 is 50.1. The van der Waals surface area contributed by atoms with Crippen molar-refractivity contribution in [2.75, 3.05) is 16.0 Å². The molecule has 0 radical (unpaired) electrons. The molecule has 3 aromatic carbocycles. The van der Waals surface area contributed by atoms with Gasteiger partial charge in [-0.05, 0) is 60.2 Å². The topological polar surface area (TPSA) is 87.3 Å². The number of rotatable bonds is 6. The van der Waals surface area contributed by atoms with E-state index >= 15 is 0 Å². The van der Waals surface area contributed by atoms with E-state index in [0.717, 1.165) is 12.1 Å². The summed E-state index contributed by atoms with van der Waals surface area (Å²) in [5.74, 6) is -6.33. The van der Waals surface area contributed by atoms with Gasteiger partial charge in [-0.2, -0.15) is 13.2 Å². The Morgan fingerprint density at radius 2 is 1.38 bits per heavy atom. The lowest BCUT2D eigenvalue weighted by Crippen LogP contribution is -2.30. The Balaban J connectivity index is 1.49. The van der Waals surface area contributed by atoms with Gasteiger partial charge in [-0.15, -0.1) is 23.2 Å². The fourth-order valence-electron chi connectivity index (χ4n) is 3.95. The zero-order valence-electron chi connectivity index (χ0n) is 19.5. The molecule has 0 heterocycles. The number of carbonyl (C=O) groups is 3. The van der Waals surface area contributed by atoms with Crippen LogP contribution in [0.1, 0.15) is 21.8 Å². The SMILES string of the molecule is O=C(Nc1cc(F)cc(NC(=O)C(F)(F)F)c1)c1cc(NC(=O)C2C(c3cc(Cl)cc(Cl)c3)C2(Cl)Cl)ccc1Cl. The molecule has 0 aliphatic heterocycles. The lowest BCUT2D eigenvalue weighted by molar-refractivity contribution is -0.167. The standard InChI is InChI=1S/C25H14Cl5F4N3O3/c26-11-3-10(4-12(27)5-11)19-20(24(19,29)30)22(39)35-14-1-2-18(28)17(9-14)21(38)36-15-6-13(31)7-16(8-15)37-23(40)25(32,33)34/h1-9,19-20H,(H,35,39)(H,36,38)(H,37,40). The van der Waals surface area contributed by atoms with E-state index in [-0.39, 0.29) is 22.0 Å². The molecule has 0 saturated heterocycles. The number of hydrogen-bond acceptors (Lipinski definition) is 3. The Morgan fingerprint density at radius 1 is 0.775 bits per heavy atom. The van der Waals surface area contributed by atoms with Crippen molar-refractivity contribution in [1.29, 1.82) is 0 Å². The summed E-state index contributed by atoms with van der Waals surface area (Å²) >= 11 is 31.0. The summed E-state index contributed by atoms with van der Waals surface area (Å²) in [4.78, 5) is 37.0. The van der Waals surface area contributed by atoms with Gasteiger partial charge in [0.1, 0.15) is 10.2 Å². The average Bonchev–Trinajstić information content (AvgIpc) is 3.40. The number of amides is 3. The van der Waals surface area contributed by atoms with Crippen LogP contribution in [-0.2, 0) is 9.59 Å². The van der Waals surface area contributed by atoms with Crippen LogP contribution in [0.5, 0.6) is 0 Å². The normalized spacial score (nSPS) is 17.6. The predicted molar refractivity (Wildman–Crippen MR) is 146 cm³/mol. The molecular weight excluding hydrogens is 644 g/mol. The van der Waals surface area contributed by atoms with E-state index in [4.69, 9.17) is 58.0 Å². The molecule has 1 aliphatic carbocycles. The first-order valence-electron chi connectivity index (χ1n) is 11.0. The first kappa shape index (κ1) is 30.2. The van der Waals surface area contributed by atoms with Crippen molar-refractivity contribution in [3.63, 3.8) is 0 Å². The summed E-state index contributed by atoms with van der Waals surface area (Å²) in [6, 6.07) is 11.0. The zero-order chi connectivity index (χ0) is 29.6. The van der Waals surface area contributed by atoms with Crippen molar-refractivity contribution < 1.29 is 31.9 Å². The van der Waals surface area contributed by atoms with Gasteiger partial charge in [0.25, 0.3) is 5.91 Å². The lowest BCUT2D eigenvalue weighted by Gasteiger charge is -2.12. The minimum Gasteiger partial charge on any atom is -0.326 e. The van der Waals surface area contributed by atoms with Crippen molar-refractivity contribution in [2.24, 2.45) is 5.92 Å². The monoisotopic (exact) mass is 655 g/mol. The molecule has 40 heavy (non-hydrogen) atoms. The molecule has 0 spiro atoms. The van der Waals surface area contributed by atoms with Gasteiger partial charge in [0.05, 0.1) is 16.5 Å². The van der Waals surface area contributed by atoms with Crippen LogP contribution in [0.15, 0.2) is 54.6 Å². The van der Waals surface area contributed by atoms with E-state index in [9.17, 15) is 31.9 Å². The summed E-state index contributed by atoms with van der Waals surface area (Å²) in [7, 11) is 0. The van der Waals surface area contributed by atoms with Gasteiger partial charge in [-0.25, -0.2) is 4.39 Å². The van der Waals surface area contributed by atoms with Crippen LogP contribution in [0.25, 0.3) is 0 Å². The van der Waals surface area contributed by atoms with Crippen molar-refractivity contribution in [2.45, 2.75) is 16.4 Å². The molecule has 0 bridgehead atoms. The molecule has 6 nitrogen and oxygen atoms in total. The molecule has 3 aromatic rings. The lowest BCUT2D eigenvalue weighted by atomic mass is 10.1. The van der Waals surface area contributed by atoms with Crippen molar-refractivity contribution in [3.8, 4) is 0 Å². The summed E-state index contributed by atoms with van der Waals surface area (Å²) in [5, 5.41) is 6.99. The number of nitrogens with one attached hydrogen (secondary N) is 3.